The summed E-state index contributed by atoms with van der Waals surface area (Å²) in [7, 11) is 0. The molecule has 54 heavy (non-hydrogen) atoms. The van der Waals surface area contributed by atoms with E-state index in [0.717, 1.165) is 29.9 Å². The van der Waals surface area contributed by atoms with Gasteiger partial charge in [-0.05, 0) is 121 Å². The summed E-state index contributed by atoms with van der Waals surface area (Å²) in [4.78, 5) is 2.43. The van der Waals surface area contributed by atoms with Gasteiger partial charge >= 0.3 is 0 Å². The number of fused-ring (bicyclic) bond motifs is 10. The Balaban J connectivity index is 1.10. The first-order chi connectivity index (χ1) is 26.8. The maximum atomic E-state index is 2.43. The Morgan fingerprint density at radius 2 is 1.02 bits per heavy atom. The van der Waals surface area contributed by atoms with Gasteiger partial charge in [-0.15, -0.1) is 11.3 Å². The molecule has 1 nitrogen and oxygen atoms in total. The van der Waals surface area contributed by atoms with Crippen molar-refractivity contribution in [2.24, 2.45) is 0 Å². The van der Waals surface area contributed by atoms with Gasteiger partial charge in [0.2, 0.25) is 0 Å². The molecule has 0 radical (unpaired) electrons. The number of aryl methyl sites for hydroxylation is 1. The second-order valence-corrected chi connectivity index (χ2v) is 15.4. The second-order valence-electron chi connectivity index (χ2n) is 14.4. The van der Waals surface area contributed by atoms with Gasteiger partial charge in [-0.1, -0.05) is 146 Å². The molecule has 10 aromatic rings. The molecule has 0 fully saturated rings. The third-order valence-corrected chi connectivity index (χ3v) is 12.5. The summed E-state index contributed by atoms with van der Waals surface area (Å²) in [6.07, 6.45) is 6.82. The van der Waals surface area contributed by atoms with E-state index in [9.17, 15) is 0 Å². The molecule has 0 unspecified atom stereocenters. The minimum Gasteiger partial charge on any atom is -0.310 e. The van der Waals surface area contributed by atoms with Crippen LogP contribution in [0.15, 0.2) is 182 Å². The Morgan fingerprint density at radius 1 is 0.407 bits per heavy atom. The highest BCUT2D eigenvalue weighted by molar-refractivity contribution is 7.26. The van der Waals surface area contributed by atoms with Crippen molar-refractivity contribution in [3.8, 4) is 22.3 Å². The van der Waals surface area contributed by atoms with Crippen molar-refractivity contribution < 1.29 is 0 Å². The summed E-state index contributed by atoms with van der Waals surface area (Å²) in [6.45, 7) is 0. The van der Waals surface area contributed by atoms with E-state index < -0.39 is 0 Å². The molecule has 2 heteroatoms. The summed E-state index contributed by atoms with van der Waals surface area (Å²) in [5, 5.41) is 10.3. The van der Waals surface area contributed by atoms with Crippen molar-refractivity contribution in [2.45, 2.75) is 12.8 Å². The fourth-order valence-corrected chi connectivity index (χ4v) is 10.0. The van der Waals surface area contributed by atoms with Gasteiger partial charge in [0.05, 0.1) is 0 Å². The van der Waals surface area contributed by atoms with E-state index in [1.807, 2.05) is 11.3 Å². The smallest absolute Gasteiger partial charge is 0.0468 e. The quantitative estimate of drug-likeness (QED) is 0.161. The maximum absolute atomic E-state index is 2.43. The molecule has 0 bridgehead atoms. The number of nitrogens with zero attached hydrogens (tertiary/aromatic N) is 1. The van der Waals surface area contributed by atoms with Crippen LogP contribution >= 0.6 is 11.3 Å². The highest BCUT2D eigenvalue weighted by Crippen LogP contribution is 2.44. The Bertz CT molecular complexity index is 3070. The van der Waals surface area contributed by atoms with E-state index in [2.05, 4.69) is 193 Å². The lowest BCUT2D eigenvalue weighted by atomic mass is 9.90. The van der Waals surface area contributed by atoms with Crippen LogP contribution in [0.2, 0.25) is 0 Å². The molecule has 1 heterocycles. The first-order valence-electron chi connectivity index (χ1n) is 18.8. The van der Waals surface area contributed by atoms with Gasteiger partial charge in [0, 0.05) is 37.2 Å². The monoisotopic (exact) mass is 705 g/mol. The minimum atomic E-state index is 1.09. The Kier molecular flexibility index (Phi) is 7.24. The molecule has 0 aliphatic heterocycles. The third-order valence-electron chi connectivity index (χ3n) is 11.3. The molecule has 1 aliphatic rings. The highest BCUT2D eigenvalue weighted by atomic mass is 32.1. The van der Waals surface area contributed by atoms with E-state index in [4.69, 9.17) is 0 Å². The normalized spacial score (nSPS) is 12.6. The minimum absolute atomic E-state index is 1.09. The van der Waals surface area contributed by atoms with E-state index >= 15 is 0 Å². The van der Waals surface area contributed by atoms with Crippen LogP contribution in [0.5, 0.6) is 0 Å². The molecular formula is C52H35NS. The van der Waals surface area contributed by atoms with E-state index in [1.165, 1.54) is 85.9 Å². The number of hydrogen-bond acceptors (Lipinski definition) is 2. The van der Waals surface area contributed by atoms with Crippen LogP contribution < -0.4 is 4.90 Å². The molecule has 254 valence electrons. The molecule has 0 amide bonds. The number of anilines is 3. The third kappa shape index (κ3) is 4.99. The van der Waals surface area contributed by atoms with Gasteiger partial charge in [-0.2, -0.15) is 0 Å². The van der Waals surface area contributed by atoms with Gasteiger partial charge in [0.1, 0.15) is 0 Å². The van der Waals surface area contributed by atoms with Crippen LogP contribution in [0, 0.1) is 0 Å². The van der Waals surface area contributed by atoms with E-state index in [1.54, 1.807) is 0 Å². The van der Waals surface area contributed by atoms with Crippen molar-refractivity contribution in [3.63, 3.8) is 0 Å². The molecule has 0 atom stereocenters. The van der Waals surface area contributed by atoms with Crippen LogP contribution in [0.1, 0.15) is 17.5 Å². The molecule has 0 saturated carbocycles. The summed E-state index contributed by atoms with van der Waals surface area (Å²) in [5.74, 6) is 0. The first-order valence-corrected chi connectivity index (χ1v) is 19.6. The van der Waals surface area contributed by atoms with Crippen LogP contribution in [0.25, 0.3) is 80.8 Å². The second kappa shape index (κ2) is 12.6. The van der Waals surface area contributed by atoms with Gasteiger partial charge in [-0.25, -0.2) is 0 Å². The first kappa shape index (κ1) is 31.1. The molecule has 0 saturated heterocycles. The topological polar surface area (TPSA) is 3.24 Å². The number of benzene rings is 9. The molecule has 9 aromatic carbocycles. The van der Waals surface area contributed by atoms with Gasteiger partial charge < -0.3 is 4.90 Å². The Labute approximate surface area is 318 Å². The van der Waals surface area contributed by atoms with Crippen molar-refractivity contribution in [1.82, 2.24) is 0 Å². The SMILES string of the molecule is C1=Cc2c(cccc2-c2cccc(N(c3ccc(-c4cccc5c4sc4ccccc45)cc3)c3ccc4c5ccccc5c5ccccc5c4c3)c2)CC1. The lowest BCUT2D eigenvalue weighted by Gasteiger charge is -2.27. The summed E-state index contributed by atoms with van der Waals surface area (Å²) >= 11 is 1.88. The van der Waals surface area contributed by atoms with Crippen molar-refractivity contribution in [3.05, 3.63) is 193 Å². The number of rotatable bonds is 5. The summed E-state index contributed by atoms with van der Waals surface area (Å²) < 4.78 is 2.67. The number of thiophene rings is 1. The van der Waals surface area contributed by atoms with Crippen molar-refractivity contribution in [2.75, 3.05) is 4.90 Å². The maximum Gasteiger partial charge on any atom is 0.0468 e. The molecule has 1 aromatic heterocycles. The predicted molar refractivity (Wildman–Crippen MR) is 235 cm³/mol. The lowest BCUT2D eigenvalue weighted by Crippen LogP contribution is -2.10. The largest absolute Gasteiger partial charge is 0.310 e. The van der Waals surface area contributed by atoms with Crippen LogP contribution in [-0.2, 0) is 6.42 Å². The van der Waals surface area contributed by atoms with Crippen LogP contribution in [-0.4, -0.2) is 0 Å². The highest BCUT2D eigenvalue weighted by Gasteiger charge is 2.19. The summed E-state index contributed by atoms with van der Waals surface area (Å²) in [5.41, 5.74) is 11.2. The fourth-order valence-electron chi connectivity index (χ4n) is 8.78. The molecule has 0 spiro atoms. The average molecular weight is 706 g/mol. The predicted octanol–water partition coefficient (Wildman–Crippen LogP) is 15.3. The summed E-state index contributed by atoms with van der Waals surface area (Å²) in [6, 6.07) is 65.2. The average Bonchev–Trinajstić information content (AvgIpc) is 3.63. The number of hydrogen-bond donors (Lipinski definition) is 0. The van der Waals surface area contributed by atoms with Gasteiger partial charge in [0.25, 0.3) is 0 Å². The fraction of sp³-hybridized carbons (Fsp3) is 0.0385. The molecular weight excluding hydrogens is 671 g/mol. The van der Waals surface area contributed by atoms with E-state index in [0.29, 0.717) is 0 Å². The zero-order valence-electron chi connectivity index (χ0n) is 29.7. The Hall–Kier alpha value is -6.48. The molecule has 1 aliphatic carbocycles. The van der Waals surface area contributed by atoms with Gasteiger partial charge in [0.15, 0.2) is 0 Å². The molecule has 11 rings (SSSR count). The van der Waals surface area contributed by atoms with Crippen molar-refractivity contribution in [1.29, 1.82) is 0 Å². The zero-order valence-corrected chi connectivity index (χ0v) is 30.5. The Morgan fingerprint density at radius 3 is 1.81 bits per heavy atom. The van der Waals surface area contributed by atoms with Crippen LogP contribution in [0.4, 0.5) is 17.1 Å². The van der Waals surface area contributed by atoms with Crippen molar-refractivity contribution >= 4 is 87.0 Å². The van der Waals surface area contributed by atoms with Gasteiger partial charge in [-0.3, -0.25) is 0 Å². The van der Waals surface area contributed by atoms with Crippen LogP contribution in [0.3, 0.4) is 0 Å². The standard InChI is InChI=1S/C52H35NS/c1-2-16-40-34(12-1)13-10-22-41(40)36-14-9-15-38(32-36)53(39-30-31-47-45-19-4-3-17-43(45)44-18-5-6-20-46(44)50(47)33-39)37-28-26-35(27-29-37)42-23-11-24-49-48-21-7-8-25-51(48)54-52(42)49/h2-11,13-33H,1,12H2. The number of allylic oxidation sites excluding steroid dienone is 1. The zero-order chi connectivity index (χ0) is 35.6. The van der Waals surface area contributed by atoms with E-state index in [-0.39, 0.29) is 0 Å². The lowest BCUT2D eigenvalue weighted by molar-refractivity contribution is 0.986. The molecule has 0 N–H and O–H groups in total.